The highest BCUT2D eigenvalue weighted by Crippen LogP contribution is 2.33. The van der Waals surface area contributed by atoms with Crippen LogP contribution in [-0.2, 0) is 14.3 Å². The van der Waals surface area contributed by atoms with E-state index in [4.69, 9.17) is 30.5 Å². The zero-order valence-electron chi connectivity index (χ0n) is 27.6. The van der Waals surface area contributed by atoms with Gasteiger partial charge >= 0.3 is 17.9 Å². The van der Waals surface area contributed by atoms with E-state index in [2.05, 4.69) is 0 Å². The smallest absolute Gasteiger partial charge is 0.337 e. The zero-order valence-corrected chi connectivity index (χ0v) is 29.1. The molecule has 258 valence electrons. The largest absolute Gasteiger partial charge is 0.497 e. The molecule has 0 aliphatic heterocycles. The topological polar surface area (TPSA) is 126 Å². The molecule has 12 heteroatoms. The van der Waals surface area contributed by atoms with E-state index in [1.54, 1.807) is 79.9 Å². The predicted molar refractivity (Wildman–Crippen MR) is 189 cm³/mol. The number of carbonyl (C=O) groups is 5. The van der Waals surface area contributed by atoms with Crippen molar-refractivity contribution in [2.45, 2.75) is 25.7 Å². The summed E-state index contributed by atoms with van der Waals surface area (Å²) in [7, 11) is 4.43. The summed E-state index contributed by atoms with van der Waals surface area (Å²) in [6, 6.07) is 21.0. The molecule has 0 unspecified atom stereocenters. The summed E-state index contributed by atoms with van der Waals surface area (Å²) in [5, 5.41) is 0. The average Bonchev–Trinajstić information content (AvgIpc) is 3.59. The van der Waals surface area contributed by atoms with E-state index in [1.807, 2.05) is 0 Å². The van der Waals surface area contributed by atoms with Gasteiger partial charge in [-0.05, 0) is 117 Å². The summed E-state index contributed by atoms with van der Waals surface area (Å²) in [4.78, 5) is 65.3. The number of anilines is 1. The number of amides is 1. The fourth-order valence-corrected chi connectivity index (χ4v) is 6.41. The average molecular weight is 716 g/mol. The number of carbonyl (C=O) groups excluding carboxylic acids is 5. The number of halogens is 1. The molecule has 1 aliphatic carbocycles. The number of esters is 3. The Hall–Kier alpha value is -5.26. The lowest BCUT2D eigenvalue weighted by Gasteiger charge is -2.26. The second-order valence-electron chi connectivity index (χ2n) is 11.5. The summed E-state index contributed by atoms with van der Waals surface area (Å²) in [5.74, 6) is -1.43. The van der Waals surface area contributed by atoms with Crippen molar-refractivity contribution >= 4 is 64.3 Å². The maximum absolute atomic E-state index is 13.2. The standard InChI is InChI=1S/C38H34ClNO9S/c1-40(35(42)23-4-6-24(7-5-23)36(43)47-3)28-13-15-29(16-14-28)48-37(44)25-8-10-26(11-9-25)38(45)49-32-19-17-30(46-2)22-27(32)12-18-31(41)33-20-21-34(39)50-33/h4-7,12-22,25-26H,8-11H2,1-3H3/b18-12+. The summed E-state index contributed by atoms with van der Waals surface area (Å²) >= 11 is 7.13. The predicted octanol–water partition coefficient (Wildman–Crippen LogP) is 7.69. The van der Waals surface area contributed by atoms with Crippen LogP contribution in [0.5, 0.6) is 17.2 Å². The van der Waals surface area contributed by atoms with Gasteiger partial charge in [0.2, 0.25) is 0 Å². The third-order valence-electron chi connectivity index (χ3n) is 8.35. The fourth-order valence-electron chi connectivity index (χ4n) is 5.44. The maximum Gasteiger partial charge on any atom is 0.337 e. The van der Waals surface area contributed by atoms with Crippen molar-refractivity contribution in [3.8, 4) is 17.2 Å². The summed E-state index contributed by atoms with van der Waals surface area (Å²) < 4.78 is 21.9. The molecule has 10 nitrogen and oxygen atoms in total. The van der Waals surface area contributed by atoms with E-state index in [-0.39, 0.29) is 29.3 Å². The van der Waals surface area contributed by atoms with Crippen LogP contribution in [0.2, 0.25) is 4.34 Å². The highest BCUT2D eigenvalue weighted by Gasteiger charge is 2.32. The van der Waals surface area contributed by atoms with Crippen molar-refractivity contribution in [3.63, 3.8) is 0 Å². The molecular formula is C38H34ClNO9S. The first-order chi connectivity index (χ1) is 24.1. The van der Waals surface area contributed by atoms with E-state index in [1.165, 1.54) is 48.7 Å². The van der Waals surface area contributed by atoms with Crippen LogP contribution in [0, 0.1) is 11.8 Å². The van der Waals surface area contributed by atoms with Crippen LogP contribution in [0.3, 0.4) is 0 Å². The van der Waals surface area contributed by atoms with E-state index < -0.39 is 17.9 Å². The second-order valence-corrected chi connectivity index (χ2v) is 13.2. The first kappa shape index (κ1) is 36.0. The van der Waals surface area contributed by atoms with Crippen LogP contribution in [0.15, 0.2) is 84.9 Å². The van der Waals surface area contributed by atoms with Gasteiger partial charge in [0.05, 0.1) is 40.8 Å². The van der Waals surface area contributed by atoms with Gasteiger partial charge in [-0.3, -0.25) is 19.2 Å². The Bertz CT molecular complexity index is 1910. The summed E-state index contributed by atoms with van der Waals surface area (Å²) in [5.41, 5.74) is 1.82. The Morgan fingerprint density at radius 1 is 0.760 bits per heavy atom. The molecule has 4 aromatic rings. The molecule has 50 heavy (non-hydrogen) atoms. The molecule has 1 amide bonds. The van der Waals surface area contributed by atoms with Crippen molar-refractivity contribution in [2.75, 3.05) is 26.2 Å². The molecule has 0 spiro atoms. The Morgan fingerprint density at radius 3 is 1.94 bits per heavy atom. The van der Waals surface area contributed by atoms with Gasteiger partial charge in [-0.1, -0.05) is 11.6 Å². The van der Waals surface area contributed by atoms with Gasteiger partial charge in [0.1, 0.15) is 17.2 Å². The Labute approximate surface area is 298 Å². The number of hydrogen-bond acceptors (Lipinski definition) is 10. The van der Waals surface area contributed by atoms with Crippen LogP contribution >= 0.6 is 22.9 Å². The van der Waals surface area contributed by atoms with Crippen molar-refractivity contribution in [3.05, 3.63) is 111 Å². The SMILES string of the molecule is COC(=O)c1ccc(C(=O)N(C)c2ccc(OC(=O)C3CCC(C(=O)Oc4ccc(OC)cc4/C=C/C(=O)c4ccc(Cl)s4)CC3)cc2)cc1. The minimum Gasteiger partial charge on any atom is -0.497 e. The third kappa shape index (κ3) is 8.85. The van der Waals surface area contributed by atoms with Gasteiger partial charge in [0.15, 0.2) is 5.78 Å². The first-order valence-corrected chi connectivity index (χ1v) is 16.9. The van der Waals surface area contributed by atoms with Gasteiger partial charge in [-0.25, -0.2) is 4.79 Å². The van der Waals surface area contributed by atoms with Crippen LogP contribution in [-0.4, -0.2) is 50.9 Å². The molecule has 0 atom stereocenters. The number of rotatable bonds is 11. The molecule has 0 N–H and O–H groups in total. The number of methoxy groups -OCH3 is 2. The van der Waals surface area contributed by atoms with Crippen LogP contribution in [0.25, 0.3) is 6.08 Å². The van der Waals surface area contributed by atoms with E-state index in [0.29, 0.717) is 68.8 Å². The quantitative estimate of drug-likeness (QED) is 0.0665. The van der Waals surface area contributed by atoms with Gasteiger partial charge in [-0.2, -0.15) is 0 Å². The highest BCUT2D eigenvalue weighted by atomic mass is 35.5. The molecule has 1 aromatic heterocycles. The number of nitrogens with zero attached hydrogens (tertiary/aromatic N) is 1. The van der Waals surface area contributed by atoms with Gasteiger partial charge < -0.3 is 23.8 Å². The molecule has 1 aliphatic rings. The molecule has 1 fully saturated rings. The second kappa shape index (κ2) is 16.4. The van der Waals surface area contributed by atoms with E-state index in [9.17, 15) is 24.0 Å². The lowest BCUT2D eigenvalue weighted by molar-refractivity contribution is -0.145. The molecule has 0 bridgehead atoms. The number of ether oxygens (including phenoxy) is 4. The Kier molecular flexibility index (Phi) is 11.8. The van der Waals surface area contributed by atoms with Gasteiger partial charge in [-0.15, -0.1) is 11.3 Å². The molecule has 0 radical (unpaired) electrons. The van der Waals surface area contributed by atoms with Crippen LogP contribution in [0.4, 0.5) is 5.69 Å². The Morgan fingerprint density at radius 2 is 1.36 bits per heavy atom. The van der Waals surface area contributed by atoms with Crippen molar-refractivity contribution in [1.29, 1.82) is 0 Å². The lowest BCUT2D eigenvalue weighted by Crippen LogP contribution is -2.30. The minimum absolute atomic E-state index is 0.230. The summed E-state index contributed by atoms with van der Waals surface area (Å²) in [6.45, 7) is 0. The monoisotopic (exact) mass is 715 g/mol. The number of thiophene rings is 1. The zero-order chi connectivity index (χ0) is 35.8. The van der Waals surface area contributed by atoms with Crippen molar-refractivity contribution in [1.82, 2.24) is 0 Å². The van der Waals surface area contributed by atoms with E-state index in [0.717, 1.165) is 0 Å². The van der Waals surface area contributed by atoms with Crippen molar-refractivity contribution < 1.29 is 42.9 Å². The molecular weight excluding hydrogens is 682 g/mol. The van der Waals surface area contributed by atoms with Crippen LogP contribution in [0.1, 0.15) is 61.6 Å². The number of hydrogen-bond donors (Lipinski definition) is 0. The molecule has 1 saturated carbocycles. The molecule has 5 rings (SSSR count). The molecule has 0 saturated heterocycles. The van der Waals surface area contributed by atoms with Gasteiger partial charge in [0, 0.05) is 23.9 Å². The van der Waals surface area contributed by atoms with Crippen LogP contribution < -0.4 is 19.1 Å². The van der Waals surface area contributed by atoms with E-state index >= 15 is 0 Å². The minimum atomic E-state index is -0.488. The number of ketones is 1. The number of allylic oxidation sites excluding steroid dienone is 1. The third-order valence-corrected chi connectivity index (χ3v) is 9.60. The molecule has 1 heterocycles. The maximum atomic E-state index is 13.2. The lowest BCUT2D eigenvalue weighted by atomic mass is 9.82. The Balaban J connectivity index is 1.13. The normalized spacial score (nSPS) is 15.6. The fraction of sp³-hybridized carbons (Fsp3) is 0.237. The molecule has 3 aromatic carbocycles. The first-order valence-electron chi connectivity index (χ1n) is 15.7. The van der Waals surface area contributed by atoms with Gasteiger partial charge in [0.25, 0.3) is 5.91 Å². The highest BCUT2D eigenvalue weighted by molar-refractivity contribution is 7.18. The summed E-state index contributed by atoms with van der Waals surface area (Å²) in [6.07, 6.45) is 4.77. The van der Waals surface area contributed by atoms with Crippen molar-refractivity contribution in [2.24, 2.45) is 11.8 Å². The number of benzene rings is 3.